The predicted molar refractivity (Wildman–Crippen MR) is 96.8 cm³/mol. The Labute approximate surface area is 146 Å². The van der Waals surface area contributed by atoms with E-state index < -0.39 is 0 Å². The Kier molecular flexibility index (Phi) is 3.78. The van der Waals surface area contributed by atoms with E-state index in [0.29, 0.717) is 13.1 Å². The number of aromatic nitrogens is 4. The molecule has 3 aromatic rings. The molecule has 2 aromatic heterocycles. The molecule has 7 heteroatoms. The van der Waals surface area contributed by atoms with E-state index in [1.807, 2.05) is 29.2 Å². The van der Waals surface area contributed by atoms with Gasteiger partial charge in [-0.05, 0) is 12.1 Å². The molecule has 1 saturated heterocycles. The van der Waals surface area contributed by atoms with Crippen LogP contribution in [0.2, 0.25) is 0 Å². The molecule has 0 bridgehead atoms. The van der Waals surface area contributed by atoms with Crippen molar-refractivity contribution in [1.29, 1.82) is 0 Å². The average molecular weight is 338 g/mol. The van der Waals surface area contributed by atoms with Gasteiger partial charge in [-0.3, -0.25) is 4.79 Å². The van der Waals surface area contributed by atoms with Crippen LogP contribution in [0.25, 0.3) is 16.6 Å². The fourth-order valence-corrected chi connectivity index (χ4v) is 3.39. The molecule has 0 radical (unpaired) electrons. The van der Waals surface area contributed by atoms with Crippen molar-refractivity contribution in [3.8, 4) is 0 Å². The average Bonchev–Trinajstić information content (AvgIpc) is 3.07. The van der Waals surface area contributed by atoms with E-state index in [0.717, 1.165) is 41.4 Å². The summed E-state index contributed by atoms with van der Waals surface area (Å²) < 4.78 is 2.08. The zero-order chi connectivity index (χ0) is 17.6. The molecule has 4 rings (SSSR count). The number of hydrogen-bond acceptors (Lipinski definition) is 5. The highest BCUT2D eigenvalue weighted by atomic mass is 16.2. The number of hydrogen-bond donors (Lipinski definition) is 0. The number of piperazine rings is 1. The molecule has 0 unspecified atom stereocenters. The van der Waals surface area contributed by atoms with E-state index in [9.17, 15) is 4.79 Å². The number of carbonyl (C=O) groups excluding carboxylic acids is 1. The van der Waals surface area contributed by atoms with Gasteiger partial charge < -0.3 is 9.80 Å². The summed E-state index contributed by atoms with van der Waals surface area (Å²) in [6.07, 6.45) is 0. The standard InChI is InChI=1S/C18H22N6O/c1-12(2)16-20-21-17-14-6-4-5-7-15(14)19-18(24(16)17)23-10-8-22(9-11-23)13(3)25/h4-7,12H,8-11H2,1-3H3. The van der Waals surface area contributed by atoms with Crippen molar-refractivity contribution in [3.63, 3.8) is 0 Å². The largest absolute Gasteiger partial charge is 0.339 e. The van der Waals surface area contributed by atoms with Crippen molar-refractivity contribution in [2.45, 2.75) is 26.7 Å². The van der Waals surface area contributed by atoms with Gasteiger partial charge in [0.1, 0.15) is 5.82 Å². The van der Waals surface area contributed by atoms with Crippen LogP contribution < -0.4 is 4.90 Å². The molecule has 0 atom stereocenters. The summed E-state index contributed by atoms with van der Waals surface area (Å²) in [6, 6.07) is 8.03. The van der Waals surface area contributed by atoms with Crippen molar-refractivity contribution in [1.82, 2.24) is 24.5 Å². The molecular weight excluding hydrogens is 316 g/mol. The maximum absolute atomic E-state index is 11.6. The van der Waals surface area contributed by atoms with Crippen molar-refractivity contribution in [3.05, 3.63) is 30.1 Å². The van der Waals surface area contributed by atoms with Gasteiger partial charge in [0.05, 0.1) is 5.52 Å². The number of benzene rings is 1. The summed E-state index contributed by atoms with van der Waals surface area (Å²) in [5.41, 5.74) is 1.76. The molecule has 130 valence electrons. The molecule has 25 heavy (non-hydrogen) atoms. The van der Waals surface area contributed by atoms with Gasteiger partial charge in [0.2, 0.25) is 11.9 Å². The Morgan fingerprint density at radius 3 is 2.48 bits per heavy atom. The molecule has 1 amide bonds. The summed E-state index contributed by atoms with van der Waals surface area (Å²) >= 11 is 0. The predicted octanol–water partition coefficient (Wildman–Crippen LogP) is 2.07. The highest BCUT2D eigenvalue weighted by molar-refractivity contribution is 5.92. The summed E-state index contributed by atoms with van der Waals surface area (Å²) in [7, 11) is 0. The van der Waals surface area contributed by atoms with Crippen LogP contribution in [0.1, 0.15) is 32.5 Å². The molecule has 7 nitrogen and oxygen atoms in total. The first-order chi connectivity index (χ1) is 12.1. The third kappa shape index (κ3) is 2.59. The lowest BCUT2D eigenvalue weighted by atomic mass is 10.2. The second-order valence-corrected chi connectivity index (χ2v) is 6.79. The van der Waals surface area contributed by atoms with Gasteiger partial charge in [0.25, 0.3) is 0 Å². The second-order valence-electron chi connectivity index (χ2n) is 6.79. The summed E-state index contributed by atoms with van der Waals surface area (Å²) in [5, 5.41) is 9.88. The quantitative estimate of drug-likeness (QED) is 0.716. The van der Waals surface area contributed by atoms with E-state index in [1.54, 1.807) is 6.92 Å². The van der Waals surface area contributed by atoms with Crippen LogP contribution in [0.15, 0.2) is 24.3 Å². The maximum Gasteiger partial charge on any atom is 0.219 e. The number of para-hydroxylation sites is 1. The monoisotopic (exact) mass is 338 g/mol. The van der Waals surface area contributed by atoms with Gasteiger partial charge in [-0.15, -0.1) is 10.2 Å². The van der Waals surface area contributed by atoms with Gasteiger partial charge >= 0.3 is 0 Å². The van der Waals surface area contributed by atoms with Gasteiger partial charge in [0.15, 0.2) is 5.65 Å². The van der Waals surface area contributed by atoms with Crippen molar-refractivity contribution in [2.75, 3.05) is 31.1 Å². The summed E-state index contributed by atoms with van der Waals surface area (Å²) in [4.78, 5) is 20.6. The molecule has 0 saturated carbocycles. The number of amides is 1. The SMILES string of the molecule is CC(=O)N1CCN(c2nc3ccccc3c3nnc(C(C)C)n23)CC1. The van der Waals surface area contributed by atoms with Crippen LogP contribution in [0.3, 0.4) is 0 Å². The Morgan fingerprint density at radius 1 is 1.08 bits per heavy atom. The molecule has 0 aliphatic carbocycles. The number of nitrogens with zero attached hydrogens (tertiary/aromatic N) is 6. The minimum atomic E-state index is 0.128. The first-order valence-corrected chi connectivity index (χ1v) is 8.70. The third-order valence-corrected chi connectivity index (χ3v) is 4.78. The van der Waals surface area contributed by atoms with Crippen LogP contribution >= 0.6 is 0 Å². The number of carbonyl (C=O) groups is 1. The van der Waals surface area contributed by atoms with Gasteiger partial charge in [-0.25, -0.2) is 9.38 Å². The lowest BCUT2D eigenvalue weighted by molar-refractivity contribution is -0.129. The topological polar surface area (TPSA) is 66.6 Å². The summed E-state index contributed by atoms with van der Waals surface area (Å²) in [5.74, 6) is 2.15. The fourth-order valence-electron chi connectivity index (χ4n) is 3.39. The first-order valence-electron chi connectivity index (χ1n) is 8.70. The van der Waals surface area contributed by atoms with Crippen molar-refractivity contribution in [2.24, 2.45) is 0 Å². The smallest absolute Gasteiger partial charge is 0.219 e. The van der Waals surface area contributed by atoms with Gasteiger partial charge in [0, 0.05) is 44.4 Å². The zero-order valence-electron chi connectivity index (χ0n) is 14.8. The molecule has 1 aliphatic heterocycles. The molecule has 1 fully saturated rings. The lowest BCUT2D eigenvalue weighted by Crippen LogP contribution is -2.48. The van der Waals surface area contributed by atoms with E-state index in [-0.39, 0.29) is 11.8 Å². The third-order valence-electron chi connectivity index (χ3n) is 4.78. The Bertz CT molecular complexity index is 939. The lowest BCUT2D eigenvalue weighted by Gasteiger charge is -2.35. The minimum absolute atomic E-state index is 0.128. The molecule has 3 heterocycles. The Hall–Kier alpha value is -2.70. The molecule has 1 aromatic carbocycles. The minimum Gasteiger partial charge on any atom is -0.339 e. The van der Waals surface area contributed by atoms with Gasteiger partial charge in [-0.2, -0.15) is 0 Å². The fraction of sp³-hybridized carbons (Fsp3) is 0.444. The number of rotatable bonds is 2. The van der Waals surface area contributed by atoms with E-state index in [2.05, 4.69) is 33.3 Å². The van der Waals surface area contributed by atoms with Crippen LogP contribution in [0.4, 0.5) is 5.95 Å². The summed E-state index contributed by atoms with van der Waals surface area (Å²) in [6.45, 7) is 8.80. The first kappa shape index (κ1) is 15.8. The van der Waals surface area contributed by atoms with Crippen LogP contribution in [-0.4, -0.2) is 56.6 Å². The Balaban J connectivity index is 1.86. The van der Waals surface area contributed by atoms with Crippen LogP contribution in [-0.2, 0) is 4.79 Å². The van der Waals surface area contributed by atoms with Crippen LogP contribution in [0, 0.1) is 0 Å². The maximum atomic E-state index is 11.6. The van der Waals surface area contributed by atoms with E-state index in [1.165, 1.54) is 0 Å². The Morgan fingerprint density at radius 2 is 1.80 bits per heavy atom. The van der Waals surface area contributed by atoms with Gasteiger partial charge in [-0.1, -0.05) is 26.0 Å². The second kappa shape index (κ2) is 5.98. The zero-order valence-corrected chi connectivity index (χ0v) is 14.8. The number of fused-ring (bicyclic) bond motifs is 3. The van der Waals surface area contributed by atoms with Crippen molar-refractivity contribution < 1.29 is 4.79 Å². The molecule has 0 spiro atoms. The molecule has 1 aliphatic rings. The normalized spacial score (nSPS) is 15.5. The highest BCUT2D eigenvalue weighted by Crippen LogP contribution is 2.27. The number of anilines is 1. The molecular formula is C18H22N6O. The van der Waals surface area contributed by atoms with Crippen molar-refractivity contribution >= 4 is 28.4 Å². The van der Waals surface area contributed by atoms with E-state index in [4.69, 9.17) is 4.98 Å². The van der Waals surface area contributed by atoms with Crippen LogP contribution in [0.5, 0.6) is 0 Å². The molecule has 0 N–H and O–H groups in total. The van der Waals surface area contributed by atoms with E-state index >= 15 is 0 Å². The highest BCUT2D eigenvalue weighted by Gasteiger charge is 2.24.